The van der Waals surface area contributed by atoms with Gasteiger partial charge in [-0.15, -0.1) is 0 Å². The Morgan fingerprint density at radius 1 is 1.13 bits per heavy atom. The number of benzene rings is 1. The van der Waals surface area contributed by atoms with Gasteiger partial charge in [0.2, 0.25) is 0 Å². The van der Waals surface area contributed by atoms with Crippen LogP contribution in [0.25, 0.3) is 0 Å². The third-order valence-corrected chi connectivity index (χ3v) is 6.59. The van der Waals surface area contributed by atoms with Crippen LogP contribution in [0.5, 0.6) is 5.75 Å². The first-order valence-corrected chi connectivity index (χ1v) is 11.1. The number of carbonyl (C=O) groups excluding carboxylic acids is 2. The Labute approximate surface area is 179 Å². The smallest absolute Gasteiger partial charge is 0.338 e. The fraction of sp³-hybridized carbons (Fsp3) is 0.667. The van der Waals surface area contributed by atoms with Gasteiger partial charge in [0, 0.05) is 24.1 Å². The molecule has 30 heavy (non-hydrogen) atoms. The van der Waals surface area contributed by atoms with Gasteiger partial charge in [-0.2, -0.15) is 0 Å². The first-order valence-electron chi connectivity index (χ1n) is 11.1. The minimum absolute atomic E-state index is 0.0672. The van der Waals surface area contributed by atoms with Crippen LogP contribution < -0.4 is 10.5 Å². The van der Waals surface area contributed by atoms with Gasteiger partial charge in [0.25, 0.3) is 0 Å². The third kappa shape index (κ3) is 5.22. The molecule has 166 valence electrons. The number of nitrogens with two attached hydrogens (primary N) is 1. The highest BCUT2D eigenvalue weighted by Crippen LogP contribution is 2.56. The van der Waals surface area contributed by atoms with Gasteiger partial charge in [-0.05, 0) is 68.6 Å². The molecular weight excluding hydrogens is 382 g/mol. The van der Waals surface area contributed by atoms with Crippen LogP contribution in [0.1, 0.15) is 79.5 Å². The number of esters is 1. The van der Waals surface area contributed by atoms with E-state index in [0.717, 1.165) is 45.1 Å². The topological polar surface area (TPSA) is 87.9 Å². The maximum Gasteiger partial charge on any atom is 0.338 e. The summed E-state index contributed by atoms with van der Waals surface area (Å²) in [5, 5.41) is 0. The number of Topliss-reactive ketones (excluding diaryl/α,β-unsaturated/α-hetero) is 1. The number of carbonyl (C=O) groups is 2. The van der Waals surface area contributed by atoms with E-state index in [1.165, 1.54) is 7.11 Å². The van der Waals surface area contributed by atoms with Crippen LogP contribution >= 0.6 is 0 Å². The molecule has 1 unspecified atom stereocenters. The van der Waals surface area contributed by atoms with E-state index in [0.29, 0.717) is 41.9 Å². The van der Waals surface area contributed by atoms with E-state index >= 15 is 0 Å². The Balaban J connectivity index is 1.41. The highest BCUT2D eigenvalue weighted by Gasteiger charge is 2.52. The molecule has 2 aliphatic rings. The van der Waals surface area contributed by atoms with E-state index in [9.17, 15) is 9.59 Å². The first-order chi connectivity index (χ1) is 14.4. The van der Waals surface area contributed by atoms with Crippen molar-refractivity contribution in [1.82, 2.24) is 0 Å². The number of hydrogen-bond donors (Lipinski definition) is 1. The summed E-state index contributed by atoms with van der Waals surface area (Å²) in [5.41, 5.74) is 7.05. The van der Waals surface area contributed by atoms with Crippen molar-refractivity contribution in [3.63, 3.8) is 0 Å². The van der Waals surface area contributed by atoms with Crippen LogP contribution in [0.4, 0.5) is 0 Å². The number of ether oxygens (including phenoxy) is 3. The van der Waals surface area contributed by atoms with Gasteiger partial charge in [-0.25, -0.2) is 4.79 Å². The van der Waals surface area contributed by atoms with Crippen molar-refractivity contribution in [3.05, 3.63) is 29.3 Å². The van der Waals surface area contributed by atoms with Gasteiger partial charge in [0.1, 0.15) is 5.75 Å². The second-order valence-corrected chi connectivity index (χ2v) is 9.00. The first kappa shape index (κ1) is 22.8. The Morgan fingerprint density at radius 2 is 1.83 bits per heavy atom. The molecule has 1 aromatic carbocycles. The van der Waals surface area contributed by atoms with Crippen LogP contribution in [-0.2, 0) is 9.47 Å². The lowest BCUT2D eigenvalue weighted by Crippen LogP contribution is -2.55. The summed E-state index contributed by atoms with van der Waals surface area (Å²) in [6, 6.07) is 5.39. The number of hydrogen-bond acceptors (Lipinski definition) is 6. The predicted molar refractivity (Wildman–Crippen MR) is 115 cm³/mol. The molecular formula is C24H35NO5. The van der Waals surface area contributed by atoms with E-state index in [4.69, 9.17) is 19.9 Å². The molecule has 0 amide bonds. The summed E-state index contributed by atoms with van der Waals surface area (Å²) in [6.45, 7) is 5.10. The van der Waals surface area contributed by atoms with E-state index in [1.54, 1.807) is 18.2 Å². The van der Waals surface area contributed by atoms with Crippen LogP contribution in [-0.4, -0.2) is 44.2 Å². The molecule has 0 radical (unpaired) electrons. The summed E-state index contributed by atoms with van der Waals surface area (Å²) in [7, 11) is 1.32. The number of unbranched alkanes of at least 4 members (excludes halogenated alkanes) is 1. The van der Waals surface area contributed by atoms with Crippen LogP contribution in [0.2, 0.25) is 0 Å². The van der Waals surface area contributed by atoms with Gasteiger partial charge in [-0.3, -0.25) is 4.79 Å². The van der Waals surface area contributed by atoms with E-state index < -0.39 is 5.97 Å². The SMILES string of the molecule is CCC(C)C(=O)c1cc(OCCCCOC2CC3(CC(N)C3)C2)ccc1C(=O)OC. The number of ketones is 1. The molecule has 0 saturated heterocycles. The van der Waals surface area contributed by atoms with Crippen molar-refractivity contribution < 1.29 is 23.8 Å². The Morgan fingerprint density at radius 3 is 2.47 bits per heavy atom. The molecule has 0 aromatic heterocycles. The molecule has 3 rings (SSSR count). The van der Waals surface area contributed by atoms with Crippen molar-refractivity contribution in [3.8, 4) is 5.75 Å². The number of methoxy groups -OCH3 is 1. The molecule has 0 bridgehead atoms. The van der Waals surface area contributed by atoms with Crippen molar-refractivity contribution >= 4 is 11.8 Å². The molecule has 2 aliphatic carbocycles. The normalized spacial score (nSPS) is 25.9. The zero-order chi connectivity index (χ0) is 21.7. The molecule has 0 heterocycles. The van der Waals surface area contributed by atoms with Crippen molar-refractivity contribution in [2.24, 2.45) is 17.1 Å². The minimum Gasteiger partial charge on any atom is -0.494 e. The van der Waals surface area contributed by atoms with E-state index in [-0.39, 0.29) is 17.3 Å². The highest BCUT2D eigenvalue weighted by molar-refractivity contribution is 6.07. The monoisotopic (exact) mass is 417 g/mol. The second kappa shape index (κ2) is 9.92. The lowest BCUT2D eigenvalue weighted by molar-refractivity contribution is -0.124. The van der Waals surface area contributed by atoms with Gasteiger partial charge >= 0.3 is 5.97 Å². The second-order valence-electron chi connectivity index (χ2n) is 9.00. The molecule has 2 saturated carbocycles. The molecule has 1 aromatic rings. The fourth-order valence-electron chi connectivity index (χ4n) is 4.61. The predicted octanol–water partition coefficient (Wildman–Crippen LogP) is 4.15. The van der Waals surface area contributed by atoms with Gasteiger partial charge in [-0.1, -0.05) is 13.8 Å². The largest absolute Gasteiger partial charge is 0.494 e. The van der Waals surface area contributed by atoms with E-state index in [2.05, 4.69) is 0 Å². The Bertz CT molecular complexity index is 748. The maximum atomic E-state index is 12.7. The van der Waals surface area contributed by atoms with Crippen molar-refractivity contribution in [2.45, 2.75) is 70.9 Å². The van der Waals surface area contributed by atoms with Crippen LogP contribution in [0.15, 0.2) is 18.2 Å². The fourth-order valence-corrected chi connectivity index (χ4v) is 4.61. The maximum absolute atomic E-state index is 12.7. The Kier molecular flexibility index (Phi) is 7.53. The zero-order valence-electron chi connectivity index (χ0n) is 18.4. The number of rotatable bonds is 11. The zero-order valence-corrected chi connectivity index (χ0v) is 18.4. The van der Waals surface area contributed by atoms with Crippen LogP contribution in [0.3, 0.4) is 0 Å². The minimum atomic E-state index is -0.507. The average molecular weight is 418 g/mol. The van der Waals surface area contributed by atoms with Crippen LogP contribution in [0, 0.1) is 11.3 Å². The third-order valence-electron chi connectivity index (χ3n) is 6.59. The molecule has 1 atom stereocenters. The summed E-state index contributed by atoms with van der Waals surface area (Å²) in [4.78, 5) is 24.7. The highest BCUT2D eigenvalue weighted by atomic mass is 16.5. The lowest BCUT2D eigenvalue weighted by atomic mass is 9.53. The average Bonchev–Trinajstić information content (AvgIpc) is 2.71. The molecule has 6 nitrogen and oxygen atoms in total. The van der Waals surface area contributed by atoms with Crippen molar-refractivity contribution in [1.29, 1.82) is 0 Å². The van der Waals surface area contributed by atoms with Gasteiger partial charge < -0.3 is 19.9 Å². The molecule has 6 heteroatoms. The lowest BCUT2D eigenvalue weighted by Gasteiger charge is -2.56. The molecule has 0 aliphatic heterocycles. The van der Waals surface area contributed by atoms with Gasteiger partial charge in [0.15, 0.2) is 5.78 Å². The summed E-state index contributed by atoms with van der Waals surface area (Å²) < 4.78 is 16.6. The Hall–Kier alpha value is -1.92. The molecule has 1 spiro atoms. The summed E-state index contributed by atoms with van der Waals surface area (Å²) >= 11 is 0. The quantitative estimate of drug-likeness (QED) is 0.331. The van der Waals surface area contributed by atoms with Gasteiger partial charge in [0.05, 0.1) is 25.4 Å². The summed E-state index contributed by atoms with van der Waals surface area (Å²) in [5.74, 6) is -0.144. The molecule has 2 fully saturated rings. The summed E-state index contributed by atoms with van der Waals surface area (Å²) in [6.07, 6.45) is 7.57. The standard InChI is InChI=1S/C24H35NO5/c1-4-16(2)22(26)21-11-18(7-8-20(21)23(27)28-3)29-9-5-6-10-30-19-14-24(15-19)12-17(25)13-24/h7-8,11,16-17,19H,4-6,9-10,12-15,25H2,1-3H3. The van der Waals surface area contributed by atoms with Crippen molar-refractivity contribution in [2.75, 3.05) is 20.3 Å². The molecule has 2 N–H and O–H groups in total. The van der Waals surface area contributed by atoms with E-state index in [1.807, 2.05) is 13.8 Å².